The Morgan fingerprint density at radius 3 is 2.45 bits per heavy atom. The lowest BCUT2D eigenvalue weighted by Crippen LogP contribution is -2.41. The summed E-state index contributed by atoms with van der Waals surface area (Å²) in [6.07, 6.45) is 1.69. The highest BCUT2D eigenvalue weighted by atomic mass is 32.1. The average Bonchev–Trinajstić information content (AvgIpc) is 3.23. The van der Waals surface area contributed by atoms with Crippen molar-refractivity contribution < 1.29 is 0 Å². The smallest absolute Gasteiger partial charge is 0.332 e. The first-order valence-corrected chi connectivity index (χ1v) is 10.0. The Hall–Kier alpha value is -3.52. The van der Waals surface area contributed by atoms with Crippen LogP contribution in [-0.2, 0) is 13.1 Å². The normalized spacial score (nSPS) is 10.9. The minimum absolute atomic E-state index is 0.117. The number of nitrogen functional groups attached to an aromatic ring is 1. The van der Waals surface area contributed by atoms with E-state index in [1.54, 1.807) is 18.5 Å². The number of hydrogen-bond donors (Lipinski definition) is 1. The van der Waals surface area contributed by atoms with Gasteiger partial charge in [0.2, 0.25) is 0 Å². The van der Waals surface area contributed by atoms with Gasteiger partial charge in [0.15, 0.2) is 0 Å². The SMILES string of the molecule is CCn1c(=O)c(-c2csc(-c3ccccn3)n2)c(N)n(Cc2ccccc2)c1=O. The number of nitrogens with zero attached hydrogens (tertiary/aromatic N) is 4. The molecule has 1 aromatic carbocycles. The Labute approximate surface area is 170 Å². The highest BCUT2D eigenvalue weighted by molar-refractivity contribution is 7.13. The molecule has 0 fully saturated rings. The largest absolute Gasteiger partial charge is 0.384 e. The van der Waals surface area contributed by atoms with E-state index in [0.29, 0.717) is 10.7 Å². The molecular weight excluding hydrogens is 386 g/mol. The van der Waals surface area contributed by atoms with Gasteiger partial charge in [-0.1, -0.05) is 36.4 Å². The lowest BCUT2D eigenvalue weighted by Gasteiger charge is -2.15. The zero-order valence-electron chi connectivity index (χ0n) is 15.8. The van der Waals surface area contributed by atoms with Crippen molar-refractivity contribution in [3.05, 3.63) is 86.5 Å². The summed E-state index contributed by atoms with van der Waals surface area (Å²) in [6.45, 7) is 2.28. The second-order valence-electron chi connectivity index (χ2n) is 6.42. The van der Waals surface area contributed by atoms with Crippen LogP contribution < -0.4 is 17.0 Å². The van der Waals surface area contributed by atoms with Crippen molar-refractivity contribution in [2.45, 2.75) is 20.0 Å². The number of pyridine rings is 1. The maximum absolute atomic E-state index is 13.0. The fourth-order valence-corrected chi connectivity index (χ4v) is 3.94. The van der Waals surface area contributed by atoms with Crippen LogP contribution in [0.4, 0.5) is 5.82 Å². The number of anilines is 1. The van der Waals surface area contributed by atoms with Crippen LogP contribution in [0.25, 0.3) is 22.0 Å². The van der Waals surface area contributed by atoms with Gasteiger partial charge < -0.3 is 5.73 Å². The molecule has 0 aliphatic heterocycles. The first kappa shape index (κ1) is 18.8. The van der Waals surface area contributed by atoms with Crippen LogP contribution in [0.5, 0.6) is 0 Å². The van der Waals surface area contributed by atoms with Gasteiger partial charge in [0, 0.05) is 18.1 Å². The Kier molecular flexibility index (Phi) is 5.09. The van der Waals surface area contributed by atoms with Crippen molar-refractivity contribution in [2.24, 2.45) is 0 Å². The van der Waals surface area contributed by atoms with E-state index in [2.05, 4.69) is 9.97 Å². The van der Waals surface area contributed by atoms with Gasteiger partial charge in [0.05, 0.1) is 17.9 Å². The zero-order chi connectivity index (χ0) is 20.4. The molecule has 7 nitrogen and oxygen atoms in total. The molecule has 4 rings (SSSR count). The summed E-state index contributed by atoms with van der Waals surface area (Å²) >= 11 is 1.38. The highest BCUT2D eigenvalue weighted by Gasteiger charge is 2.20. The van der Waals surface area contributed by atoms with Crippen LogP contribution in [0, 0.1) is 0 Å². The van der Waals surface area contributed by atoms with Crippen LogP contribution in [0.1, 0.15) is 12.5 Å². The Morgan fingerprint density at radius 2 is 1.76 bits per heavy atom. The molecule has 146 valence electrons. The predicted molar refractivity (Wildman–Crippen MR) is 115 cm³/mol. The summed E-state index contributed by atoms with van der Waals surface area (Å²) in [6, 6.07) is 15.1. The van der Waals surface area contributed by atoms with Gasteiger partial charge in [-0.15, -0.1) is 11.3 Å². The number of hydrogen-bond acceptors (Lipinski definition) is 6. The van der Waals surface area contributed by atoms with Crippen molar-refractivity contribution in [1.82, 2.24) is 19.1 Å². The molecule has 0 amide bonds. The second kappa shape index (κ2) is 7.84. The van der Waals surface area contributed by atoms with Crippen molar-refractivity contribution in [3.63, 3.8) is 0 Å². The molecule has 0 saturated carbocycles. The van der Waals surface area contributed by atoms with E-state index in [-0.39, 0.29) is 24.5 Å². The van der Waals surface area contributed by atoms with Crippen LogP contribution in [0.2, 0.25) is 0 Å². The van der Waals surface area contributed by atoms with Crippen LogP contribution in [0.3, 0.4) is 0 Å². The van der Waals surface area contributed by atoms with Gasteiger partial charge in [-0.3, -0.25) is 18.9 Å². The van der Waals surface area contributed by atoms with Crippen molar-refractivity contribution in [2.75, 3.05) is 5.73 Å². The summed E-state index contributed by atoms with van der Waals surface area (Å²) in [5, 5.41) is 2.46. The molecule has 0 aliphatic rings. The molecule has 0 unspecified atom stereocenters. The quantitative estimate of drug-likeness (QED) is 0.551. The molecule has 8 heteroatoms. The molecule has 0 radical (unpaired) electrons. The molecule has 0 saturated heterocycles. The first-order valence-electron chi connectivity index (χ1n) is 9.14. The molecular formula is C21H19N5O2S. The summed E-state index contributed by atoms with van der Waals surface area (Å²) in [5.41, 5.74) is 7.79. The molecule has 0 atom stereocenters. The molecule has 3 heterocycles. The van der Waals surface area contributed by atoms with E-state index in [1.165, 1.54) is 20.5 Å². The van der Waals surface area contributed by atoms with E-state index < -0.39 is 11.2 Å². The topological polar surface area (TPSA) is 95.8 Å². The van der Waals surface area contributed by atoms with Crippen LogP contribution >= 0.6 is 11.3 Å². The zero-order valence-corrected chi connectivity index (χ0v) is 16.6. The first-order chi connectivity index (χ1) is 14.1. The molecule has 3 aromatic heterocycles. The number of benzene rings is 1. The van der Waals surface area contributed by atoms with E-state index in [0.717, 1.165) is 11.3 Å². The summed E-state index contributed by atoms with van der Waals surface area (Å²) in [4.78, 5) is 34.8. The minimum atomic E-state index is -0.433. The lowest BCUT2D eigenvalue weighted by molar-refractivity contribution is 0.606. The number of thiazole rings is 1. The van der Waals surface area contributed by atoms with E-state index in [4.69, 9.17) is 5.73 Å². The minimum Gasteiger partial charge on any atom is -0.384 e. The van der Waals surface area contributed by atoms with Gasteiger partial charge in [-0.05, 0) is 24.6 Å². The molecule has 29 heavy (non-hydrogen) atoms. The van der Waals surface area contributed by atoms with Gasteiger partial charge >= 0.3 is 5.69 Å². The molecule has 2 N–H and O–H groups in total. The maximum Gasteiger partial charge on any atom is 0.332 e. The van der Waals surface area contributed by atoms with Gasteiger partial charge in [-0.2, -0.15) is 0 Å². The van der Waals surface area contributed by atoms with Gasteiger partial charge in [-0.25, -0.2) is 9.78 Å². The third-order valence-electron chi connectivity index (χ3n) is 4.61. The van der Waals surface area contributed by atoms with Crippen LogP contribution in [0.15, 0.2) is 69.7 Å². The standard InChI is InChI=1S/C21H19N5O2S/c1-2-25-20(27)17(16-13-29-19(24-16)15-10-6-7-11-23-15)18(22)26(21(25)28)12-14-8-4-3-5-9-14/h3-11,13H,2,12,22H2,1H3. The predicted octanol–water partition coefficient (Wildman–Crippen LogP) is 2.85. The Bertz CT molecular complexity index is 1260. The average molecular weight is 405 g/mol. The van der Waals surface area contributed by atoms with Crippen molar-refractivity contribution in [1.29, 1.82) is 0 Å². The Balaban J connectivity index is 1.88. The van der Waals surface area contributed by atoms with E-state index >= 15 is 0 Å². The molecule has 0 spiro atoms. The molecule has 0 aliphatic carbocycles. The fraction of sp³-hybridized carbons (Fsp3) is 0.143. The van der Waals surface area contributed by atoms with Gasteiger partial charge in [0.25, 0.3) is 5.56 Å². The van der Waals surface area contributed by atoms with Crippen molar-refractivity contribution >= 4 is 17.2 Å². The third kappa shape index (κ3) is 3.50. The second-order valence-corrected chi connectivity index (χ2v) is 7.27. The number of rotatable bonds is 5. The summed E-state index contributed by atoms with van der Waals surface area (Å²) in [7, 11) is 0. The molecule has 0 bridgehead atoms. The maximum atomic E-state index is 13.0. The summed E-state index contributed by atoms with van der Waals surface area (Å²) in [5.74, 6) is 0.117. The summed E-state index contributed by atoms with van der Waals surface area (Å²) < 4.78 is 2.61. The van der Waals surface area contributed by atoms with E-state index in [1.807, 2.05) is 48.5 Å². The number of aromatic nitrogens is 4. The highest BCUT2D eigenvalue weighted by Crippen LogP contribution is 2.28. The number of nitrogens with two attached hydrogens (primary N) is 1. The third-order valence-corrected chi connectivity index (χ3v) is 5.48. The van der Waals surface area contributed by atoms with Gasteiger partial charge in [0.1, 0.15) is 16.4 Å². The monoisotopic (exact) mass is 405 g/mol. The lowest BCUT2D eigenvalue weighted by atomic mass is 10.2. The van der Waals surface area contributed by atoms with E-state index in [9.17, 15) is 9.59 Å². The molecule has 4 aromatic rings. The van der Waals surface area contributed by atoms with Crippen LogP contribution in [-0.4, -0.2) is 19.1 Å². The Morgan fingerprint density at radius 1 is 1.00 bits per heavy atom. The van der Waals surface area contributed by atoms with Crippen molar-refractivity contribution in [3.8, 4) is 22.0 Å². The fourth-order valence-electron chi connectivity index (χ4n) is 3.15.